The largest absolute Gasteiger partial charge is 0.504 e. The summed E-state index contributed by atoms with van der Waals surface area (Å²) in [5.41, 5.74) is 0.940. The number of hydrogen-bond acceptors (Lipinski definition) is 5. The molecular weight excluding hydrogens is 272 g/mol. The van der Waals surface area contributed by atoms with Crippen molar-refractivity contribution in [3.05, 3.63) is 34.3 Å². The summed E-state index contributed by atoms with van der Waals surface area (Å²) in [5, 5.41) is 14.1. The number of thiazole rings is 1. The van der Waals surface area contributed by atoms with Crippen LogP contribution in [0.2, 0.25) is 0 Å². The van der Waals surface area contributed by atoms with Gasteiger partial charge in [-0.1, -0.05) is 20.8 Å². The maximum atomic E-state index is 9.72. The van der Waals surface area contributed by atoms with E-state index in [1.165, 1.54) is 12.0 Å². The van der Waals surface area contributed by atoms with Crippen molar-refractivity contribution in [1.82, 2.24) is 4.98 Å². The molecule has 2 aromatic rings. The first-order valence-corrected chi connectivity index (χ1v) is 7.28. The van der Waals surface area contributed by atoms with E-state index in [1.54, 1.807) is 23.5 Å². The zero-order chi connectivity index (χ0) is 14.8. The molecule has 1 aromatic carbocycles. The van der Waals surface area contributed by atoms with E-state index in [1.807, 2.05) is 12.3 Å². The van der Waals surface area contributed by atoms with Crippen molar-refractivity contribution in [1.29, 1.82) is 0 Å². The van der Waals surface area contributed by atoms with Gasteiger partial charge in [-0.25, -0.2) is 4.98 Å². The monoisotopic (exact) mass is 292 g/mol. The Kier molecular flexibility index (Phi) is 4.18. The summed E-state index contributed by atoms with van der Waals surface area (Å²) in [7, 11) is 1.54. The standard InChI is InChI=1S/C15H20N2O2S/c1-15(2,3)14-17-9-11(20-14)8-16-10-5-6-13(19-4)12(18)7-10/h5-7,9,16,18H,8H2,1-4H3. The number of nitrogens with zero attached hydrogens (tertiary/aromatic N) is 1. The first-order chi connectivity index (χ1) is 9.40. The van der Waals surface area contributed by atoms with E-state index in [4.69, 9.17) is 4.74 Å². The van der Waals surface area contributed by atoms with Crippen LogP contribution in [-0.4, -0.2) is 17.2 Å². The zero-order valence-corrected chi connectivity index (χ0v) is 13.0. The number of phenols is 1. The first-order valence-electron chi connectivity index (χ1n) is 6.46. The lowest BCUT2D eigenvalue weighted by Gasteiger charge is -2.13. The molecule has 0 saturated carbocycles. The number of aromatic hydroxyl groups is 1. The molecule has 2 rings (SSSR count). The average molecular weight is 292 g/mol. The third-order valence-corrected chi connectivity index (χ3v) is 4.26. The van der Waals surface area contributed by atoms with Crippen LogP contribution in [0.4, 0.5) is 5.69 Å². The molecule has 0 unspecified atom stereocenters. The average Bonchev–Trinajstić information content (AvgIpc) is 2.85. The Morgan fingerprint density at radius 3 is 2.65 bits per heavy atom. The van der Waals surface area contributed by atoms with Gasteiger partial charge in [0.1, 0.15) is 0 Å². The molecule has 0 aliphatic carbocycles. The summed E-state index contributed by atoms with van der Waals surface area (Å²) in [6.07, 6.45) is 1.90. The molecular formula is C15H20N2O2S. The summed E-state index contributed by atoms with van der Waals surface area (Å²) >= 11 is 1.71. The molecule has 5 heteroatoms. The van der Waals surface area contributed by atoms with Gasteiger partial charge in [0.05, 0.1) is 18.7 Å². The van der Waals surface area contributed by atoms with Gasteiger partial charge < -0.3 is 15.2 Å². The fourth-order valence-corrected chi connectivity index (χ4v) is 2.63. The number of nitrogens with one attached hydrogen (secondary N) is 1. The number of benzene rings is 1. The maximum absolute atomic E-state index is 9.72. The molecule has 0 aliphatic rings. The van der Waals surface area contributed by atoms with Crippen LogP contribution in [0.15, 0.2) is 24.4 Å². The lowest BCUT2D eigenvalue weighted by Crippen LogP contribution is -2.09. The van der Waals surface area contributed by atoms with Gasteiger partial charge >= 0.3 is 0 Å². The minimum atomic E-state index is 0.0846. The molecule has 4 nitrogen and oxygen atoms in total. The van der Waals surface area contributed by atoms with E-state index in [9.17, 15) is 5.11 Å². The van der Waals surface area contributed by atoms with Crippen LogP contribution < -0.4 is 10.1 Å². The molecule has 20 heavy (non-hydrogen) atoms. The van der Waals surface area contributed by atoms with Crippen LogP contribution >= 0.6 is 11.3 Å². The van der Waals surface area contributed by atoms with Crippen LogP contribution in [-0.2, 0) is 12.0 Å². The van der Waals surface area contributed by atoms with E-state index in [0.29, 0.717) is 12.3 Å². The van der Waals surface area contributed by atoms with Gasteiger partial charge in [0.25, 0.3) is 0 Å². The Bertz CT molecular complexity index is 588. The zero-order valence-electron chi connectivity index (χ0n) is 12.2. The highest BCUT2D eigenvalue weighted by atomic mass is 32.1. The molecule has 0 saturated heterocycles. The predicted octanol–water partition coefficient (Wildman–Crippen LogP) is 3.77. The Balaban J connectivity index is 2.02. The molecule has 0 atom stereocenters. The summed E-state index contributed by atoms with van der Waals surface area (Å²) in [6.45, 7) is 7.17. The SMILES string of the molecule is COc1ccc(NCc2cnc(C(C)(C)C)s2)cc1O. The van der Waals surface area contributed by atoms with Crippen molar-refractivity contribution in [2.75, 3.05) is 12.4 Å². The second-order valence-corrected chi connectivity index (χ2v) is 6.74. The summed E-state index contributed by atoms with van der Waals surface area (Å²) in [4.78, 5) is 5.63. The third-order valence-electron chi connectivity index (χ3n) is 2.84. The van der Waals surface area contributed by atoms with Gasteiger partial charge in [-0.3, -0.25) is 0 Å². The molecule has 1 aromatic heterocycles. The lowest BCUT2D eigenvalue weighted by atomic mass is 9.98. The predicted molar refractivity (Wildman–Crippen MR) is 82.8 cm³/mol. The van der Waals surface area contributed by atoms with Crippen LogP contribution in [0, 0.1) is 0 Å². The van der Waals surface area contributed by atoms with Gasteiger partial charge in [0.2, 0.25) is 0 Å². The van der Waals surface area contributed by atoms with E-state index < -0.39 is 0 Å². The number of methoxy groups -OCH3 is 1. The number of ether oxygens (including phenoxy) is 1. The van der Waals surface area contributed by atoms with E-state index >= 15 is 0 Å². The van der Waals surface area contributed by atoms with Crippen LogP contribution in [0.5, 0.6) is 11.5 Å². The molecule has 1 heterocycles. The van der Waals surface area contributed by atoms with E-state index in [0.717, 1.165) is 10.7 Å². The van der Waals surface area contributed by atoms with Gasteiger partial charge in [-0.2, -0.15) is 0 Å². The number of rotatable bonds is 4. The van der Waals surface area contributed by atoms with Crippen molar-refractivity contribution in [3.8, 4) is 11.5 Å². The minimum Gasteiger partial charge on any atom is -0.504 e. The minimum absolute atomic E-state index is 0.0846. The second kappa shape index (κ2) is 5.71. The van der Waals surface area contributed by atoms with E-state index in [2.05, 4.69) is 31.1 Å². The first kappa shape index (κ1) is 14.7. The number of phenolic OH excluding ortho intramolecular Hbond substituents is 1. The van der Waals surface area contributed by atoms with Crippen molar-refractivity contribution in [2.24, 2.45) is 0 Å². The Labute approximate surface area is 123 Å². The molecule has 108 valence electrons. The summed E-state index contributed by atoms with van der Waals surface area (Å²) in [5.74, 6) is 0.612. The van der Waals surface area contributed by atoms with E-state index in [-0.39, 0.29) is 11.2 Å². The maximum Gasteiger partial charge on any atom is 0.160 e. The number of hydrogen-bond donors (Lipinski definition) is 2. The summed E-state index contributed by atoms with van der Waals surface area (Å²) < 4.78 is 5.02. The smallest absolute Gasteiger partial charge is 0.160 e. The van der Waals surface area contributed by atoms with Crippen LogP contribution in [0.25, 0.3) is 0 Å². The Morgan fingerprint density at radius 2 is 2.10 bits per heavy atom. The molecule has 0 spiro atoms. The van der Waals surface area contributed by atoms with Crippen LogP contribution in [0.3, 0.4) is 0 Å². The van der Waals surface area contributed by atoms with Crippen molar-refractivity contribution in [2.45, 2.75) is 32.7 Å². The molecule has 0 amide bonds. The summed E-state index contributed by atoms with van der Waals surface area (Å²) in [6, 6.07) is 5.28. The van der Waals surface area contributed by atoms with Crippen LogP contribution in [0.1, 0.15) is 30.7 Å². The van der Waals surface area contributed by atoms with Gasteiger partial charge in [-0.15, -0.1) is 11.3 Å². The van der Waals surface area contributed by atoms with Gasteiger partial charge in [0, 0.05) is 28.2 Å². The number of anilines is 1. The molecule has 2 N–H and O–H groups in total. The second-order valence-electron chi connectivity index (χ2n) is 5.62. The molecule has 0 bridgehead atoms. The van der Waals surface area contributed by atoms with Crippen molar-refractivity contribution in [3.63, 3.8) is 0 Å². The Morgan fingerprint density at radius 1 is 1.35 bits per heavy atom. The topological polar surface area (TPSA) is 54.4 Å². The highest BCUT2D eigenvalue weighted by Gasteiger charge is 2.17. The van der Waals surface area contributed by atoms with Gasteiger partial charge in [-0.05, 0) is 12.1 Å². The normalized spacial score (nSPS) is 11.4. The number of aromatic nitrogens is 1. The highest BCUT2D eigenvalue weighted by Crippen LogP contribution is 2.30. The molecule has 0 radical (unpaired) electrons. The third kappa shape index (κ3) is 3.42. The van der Waals surface area contributed by atoms with Crippen molar-refractivity contribution >= 4 is 17.0 Å². The Hall–Kier alpha value is -1.75. The lowest BCUT2D eigenvalue weighted by molar-refractivity contribution is 0.373. The quantitative estimate of drug-likeness (QED) is 0.900. The fraction of sp³-hybridized carbons (Fsp3) is 0.400. The molecule has 0 aliphatic heterocycles. The molecule has 0 fully saturated rings. The van der Waals surface area contributed by atoms with Gasteiger partial charge in [0.15, 0.2) is 11.5 Å². The van der Waals surface area contributed by atoms with Crippen molar-refractivity contribution < 1.29 is 9.84 Å². The fourth-order valence-electron chi connectivity index (χ4n) is 1.73. The highest BCUT2D eigenvalue weighted by molar-refractivity contribution is 7.11.